The third-order valence-electron chi connectivity index (χ3n) is 8.09. The number of carbonyl (C=O) groups excluding carboxylic acids is 1. The monoisotopic (exact) mass is 531 g/mol. The van der Waals surface area contributed by atoms with E-state index < -0.39 is 11.9 Å². The van der Waals surface area contributed by atoms with Gasteiger partial charge < -0.3 is 19.3 Å². The molecule has 9 nitrogen and oxygen atoms in total. The van der Waals surface area contributed by atoms with Crippen LogP contribution in [0.3, 0.4) is 0 Å². The highest BCUT2D eigenvalue weighted by Crippen LogP contribution is 2.41. The zero-order valence-electron chi connectivity index (χ0n) is 22.7. The molecule has 0 saturated carbocycles. The lowest BCUT2D eigenvalue weighted by Gasteiger charge is -2.29. The van der Waals surface area contributed by atoms with Gasteiger partial charge in [-0.15, -0.1) is 0 Å². The van der Waals surface area contributed by atoms with Crippen LogP contribution in [0.15, 0.2) is 55.1 Å². The molecule has 0 aliphatic carbocycles. The molecule has 2 aliphatic rings. The second kappa shape index (κ2) is 12.0. The number of fused-ring (bicyclic) bond motifs is 1. The maximum atomic E-state index is 13.8. The molecule has 4 heterocycles. The van der Waals surface area contributed by atoms with E-state index >= 15 is 0 Å². The number of nitrogens with zero attached hydrogens (tertiary/aromatic N) is 5. The van der Waals surface area contributed by atoms with Crippen molar-refractivity contribution in [3.05, 3.63) is 72.1 Å². The van der Waals surface area contributed by atoms with Crippen LogP contribution in [0.1, 0.15) is 49.1 Å². The first-order valence-electron chi connectivity index (χ1n) is 13.8. The van der Waals surface area contributed by atoms with Gasteiger partial charge in [0.25, 0.3) is 0 Å². The summed E-state index contributed by atoms with van der Waals surface area (Å²) in [5.41, 5.74) is 2.89. The van der Waals surface area contributed by atoms with Crippen molar-refractivity contribution >= 4 is 17.6 Å². The van der Waals surface area contributed by atoms with Crippen molar-refractivity contribution in [1.29, 1.82) is 0 Å². The second-order valence-electron chi connectivity index (χ2n) is 10.5. The molecular formula is C30H37N5O4. The minimum Gasteiger partial charge on any atom is -0.493 e. The molecule has 9 heteroatoms. The number of rotatable bonds is 11. The summed E-state index contributed by atoms with van der Waals surface area (Å²) in [4.78, 5) is 39.2. The van der Waals surface area contributed by atoms with Crippen molar-refractivity contribution in [1.82, 2.24) is 19.4 Å². The number of benzene rings is 1. The number of carboxylic acids is 1. The Morgan fingerprint density at radius 2 is 2.10 bits per heavy atom. The lowest BCUT2D eigenvalue weighted by Crippen LogP contribution is -2.44. The van der Waals surface area contributed by atoms with Crippen LogP contribution in [0, 0.1) is 5.92 Å². The number of aryl methyl sites for hydroxylation is 2. The Morgan fingerprint density at radius 3 is 2.82 bits per heavy atom. The maximum absolute atomic E-state index is 13.8. The van der Waals surface area contributed by atoms with Gasteiger partial charge in [-0.2, -0.15) is 0 Å². The Kier molecular flexibility index (Phi) is 8.26. The normalized spacial score (nSPS) is 20.5. The maximum Gasteiger partial charge on any atom is 0.308 e. The van der Waals surface area contributed by atoms with Gasteiger partial charge in [-0.1, -0.05) is 25.5 Å². The zero-order chi connectivity index (χ0) is 27.4. The molecule has 5 rings (SSSR count). The summed E-state index contributed by atoms with van der Waals surface area (Å²) in [6.45, 7) is 4.01. The molecule has 3 aromatic rings. The molecule has 206 valence electrons. The van der Waals surface area contributed by atoms with Gasteiger partial charge in [-0.25, -0.2) is 4.98 Å². The zero-order valence-corrected chi connectivity index (χ0v) is 22.7. The van der Waals surface area contributed by atoms with Crippen LogP contribution in [0.2, 0.25) is 0 Å². The van der Waals surface area contributed by atoms with E-state index in [1.807, 2.05) is 42.1 Å². The summed E-state index contributed by atoms with van der Waals surface area (Å²) < 4.78 is 7.65. The van der Waals surface area contributed by atoms with Crippen molar-refractivity contribution < 1.29 is 19.4 Å². The molecule has 0 bridgehead atoms. The number of anilines is 1. The van der Waals surface area contributed by atoms with Crippen molar-refractivity contribution in [2.75, 3.05) is 31.1 Å². The van der Waals surface area contributed by atoms with Gasteiger partial charge in [0, 0.05) is 63.5 Å². The largest absolute Gasteiger partial charge is 0.493 e. The van der Waals surface area contributed by atoms with Gasteiger partial charge in [0.2, 0.25) is 5.91 Å². The van der Waals surface area contributed by atoms with Crippen LogP contribution in [0.5, 0.6) is 5.75 Å². The molecule has 1 amide bonds. The Labute approximate surface area is 229 Å². The lowest BCUT2D eigenvalue weighted by molar-refractivity contribution is -0.143. The fraction of sp³-hybridized carbons (Fsp3) is 0.467. The number of hydrogen-bond acceptors (Lipinski definition) is 6. The predicted molar refractivity (Wildman–Crippen MR) is 148 cm³/mol. The van der Waals surface area contributed by atoms with Crippen molar-refractivity contribution in [2.24, 2.45) is 13.0 Å². The predicted octanol–water partition coefficient (Wildman–Crippen LogP) is 3.68. The average molecular weight is 532 g/mol. The minimum absolute atomic E-state index is 0.0365. The summed E-state index contributed by atoms with van der Waals surface area (Å²) >= 11 is 0. The van der Waals surface area contributed by atoms with Gasteiger partial charge in [0.1, 0.15) is 11.6 Å². The number of aliphatic carboxylic acids is 1. The Balaban J connectivity index is 1.44. The number of carboxylic acid groups (broad SMARTS) is 1. The first-order valence-corrected chi connectivity index (χ1v) is 13.8. The van der Waals surface area contributed by atoms with Crippen LogP contribution in [0.25, 0.3) is 0 Å². The molecule has 3 atom stereocenters. The molecule has 1 saturated heterocycles. The highest BCUT2D eigenvalue weighted by atomic mass is 16.5. The number of carbonyl (C=O) groups is 2. The van der Waals surface area contributed by atoms with E-state index in [0.29, 0.717) is 32.5 Å². The number of unbranched alkanes of at least 4 members (excludes halogenated alkanes) is 1. The van der Waals surface area contributed by atoms with E-state index in [4.69, 9.17) is 4.74 Å². The van der Waals surface area contributed by atoms with Crippen LogP contribution < -0.4 is 9.64 Å². The Bertz CT molecular complexity index is 1290. The number of aromatic nitrogens is 3. The molecule has 1 fully saturated rings. The highest BCUT2D eigenvalue weighted by Gasteiger charge is 2.47. The number of hydrogen-bond donors (Lipinski definition) is 1. The number of imidazole rings is 1. The first kappa shape index (κ1) is 26.9. The van der Waals surface area contributed by atoms with Crippen LogP contribution in [-0.4, -0.2) is 68.7 Å². The number of likely N-dealkylation sites (tertiary alicyclic amines) is 1. The quantitative estimate of drug-likeness (QED) is 0.403. The molecule has 2 aliphatic heterocycles. The van der Waals surface area contributed by atoms with Crippen molar-refractivity contribution in [3.8, 4) is 5.75 Å². The fourth-order valence-corrected chi connectivity index (χ4v) is 6.03. The molecule has 39 heavy (non-hydrogen) atoms. The van der Waals surface area contributed by atoms with E-state index in [2.05, 4.69) is 27.9 Å². The average Bonchev–Trinajstić information content (AvgIpc) is 3.66. The molecule has 0 radical (unpaired) electrons. The fourth-order valence-electron chi connectivity index (χ4n) is 6.03. The van der Waals surface area contributed by atoms with Gasteiger partial charge in [-0.3, -0.25) is 19.5 Å². The lowest BCUT2D eigenvalue weighted by atomic mass is 9.83. The summed E-state index contributed by atoms with van der Waals surface area (Å²) in [6.07, 6.45) is 11.0. The Hall–Kier alpha value is -3.72. The highest BCUT2D eigenvalue weighted by molar-refractivity contribution is 5.94. The third-order valence-corrected chi connectivity index (χ3v) is 8.09. The topological polar surface area (TPSA) is 101 Å². The summed E-state index contributed by atoms with van der Waals surface area (Å²) in [5, 5.41) is 10.5. The third kappa shape index (κ3) is 5.83. The van der Waals surface area contributed by atoms with Gasteiger partial charge >= 0.3 is 5.97 Å². The first-order chi connectivity index (χ1) is 19.0. The number of ether oxygens (including phenoxy) is 1. The molecule has 1 aromatic carbocycles. The van der Waals surface area contributed by atoms with Crippen LogP contribution >= 0.6 is 0 Å². The summed E-state index contributed by atoms with van der Waals surface area (Å²) in [6, 6.07) is 9.49. The standard InChI is InChI=1S/C30H37N5O4/c1-3-4-14-35(23-6-5-12-31-18-23)28(36)20-34-19-24(21-7-9-26-22(17-21)11-16-39-26)29(30(37)38)25(34)8-10-27-32-13-15-33(27)2/h5-7,9,12-13,15,17-18,24-25,29H,3-4,8,10-11,14,16,19-20H2,1-2H3,(H,37,38). The molecule has 0 spiro atoms. The Morgan fingerprint density at radius 1 is 1.23 bits per heavy atom. The molecule has 2 aromatic heterocycles. The van der Waals surface area contributed by atoms with Crippen molar-refractivity contribution in [2.45, 2.75) is 51.0 Å². The van der Waals surface area contributed by atoms with E-state index in [9.17, 15) is 14.7 Å². The van der Waals surface area contributed by atoms with Gasteiger partial charge in [0.15, 0.2) is 0 Å². The number of amides is 1. The smallest absolute Gasteiger partial charge is 0.308 e. The summed E-state index contributed by atoms with van der Waals surface area (Å²) in [7, 11) is 1.95. The van der Waals surface area contributed by atoms with Crippen LogP contribution in [0.4, 0.5) is 5.69 Å². The van der Waals surface area contributed by atoms with Crippen molar-refractivity contribution in [3.63, 3.8) is 0 Å². The molecular weight excluding hydrogens is 494 g/mol. The van der Waals surface area contributed by atoms with E-state index in [0.717, 1.165) is 47.7 Å². The second-order valence-corrected chi connectivity index (χ2v) is 10.5. The summed E-state index contributed by atoms with van der Waals surface area (Å²) in [5.74, 6) is 0.0571. The van der Waals surface area contributed by atoms with E-state index in [-0.39, 0.29) is 24.4 Å². The van der Waals surface area contributed by atoms with E-state index in [1.54, 1.807) is 23.5 Å². The van der Waals surface area contributed by atoms with Gasteiger partial charge in [-0.05, 0) is 42.2 Å². The molecule has 1 N–H and O–H groups in total. The van der Waals surface area contributed by atoms with Crippen LogP contribution in [-0.2, 0) is 29.5 Å². The van der Waals surface area contributed by atoms with Gasteiger partial charge in [0.05, 0.1) is 31.0 Å². The number of pyridine rings is 1. The minimum atomic E-state index is -0.827. The SMILES string of the molecule is CCCCN(C(=O)CN1CC(c2ccc3c(c2)CCO3)C(C(=O)O)C1CCc1nccn1C)c1cccnc1. The van der Waals surface area contributed by atoms with E-state index in [1.165, 1.54) is 0 Å². The molecule has 3 unspecified atom stereocenters.